The fourth-order valence-corrected chi connectivity index (χ4v) is 3.60. The van der Waals surface area contributed by atoms with Crippen LogP contribution in [0.15, 0.2) is 23.4 Å². The van der Waals surface area contributed by atoms with E-state index in [-0.39, 0.29) is 0 Å². The number of pyridine rings is 1. The lowest BCUT2D eigenvalue weighted by atomic mass is 9.95. The highest BCUT2D eigenvalue weighted by atomic mass is 32.2. The van der Waals surface area contributed by atoms with Crippen molar-refractivity contribution < 1.29 is 0 Å². The van der Waals surface area contributed by atoms with E-state index in [0.717, 1.165) is 5.75 Å². The standard InChI is InChI=1S/C15H24N2S/c1-4-18-15-13(8-7-10-16-15)14-9-5-6-11-17(14)12(2)3/h7-8,10,12,14H,4-6,9,11H2,1-3H3. The van der Waals surface area contributed by atoms with E-state index in [1.165, 1.54) is 36.4 Å². The Morgan fingerprint density at radius 1 is 1.44 bits per heavy atom. The molecule has 0 saturated carbocycles. The molecule has 2 rings (SSSR count). The lowest BCUT2D eigenvalue weighted by molar-refractivity contribution is 0.110. The van der Waals surface area contributed by atoms with Gasteiger partial charge in [0.05, 0.1) is 0 Å². The Morgan fingerprint density at radius 2 is 2.28 bits per heavy atom. The van der Waals surface area contributed by atoms with Crippen molar-refractivity contribution in [2.75, 3.05) is 12.3 Å². The van der Waals surface area contributed by atoms with E-state index in [0.29, 0.717) is 12.1 Å². The second-order valence-electron chi connectivity index (χ2n) is 5.17. The zero-order chi connectivity index (χ0) is 13.0. The summed E-state index contributed by atoms with van der Waals surface area (Å²) in [6.45, 7) is 8.04. The summed E-state index contributed by atoms with van der Waals surface area (Å²) in [5.74, 6) is 1.10. The van der Waals surface area contributed by atoms with Crippen LogP contribution < -0.4 is 0 Å². The fraction of sp³-hybridized carbons (Fsp3) is 0.667. The minimum Gasteiger partial charge on any atom is -0.294 e. The van der Waals surface area contributed by atoms with Crippen LogP contribution in [0.25, 0.3) is 0 Å². The Balaban J connectivity index is 2.27. The average molecular weight is 264 g/mol. The molecule has 3 heteroatoms. The summed E-state index contributed by atoms with van der Waals surface area (Å²) in [6.07, 6.45) is 5.88. The van der Waals surface area contributed by atoms with Crippen LogP contribution in [0, 0.1) is 0 Å². The first-order valence-electron chi connectivity index (χ1n) is 7.07. The highest BCUT2D eigenvalue weighted by Gasteiger charge is 2.27. The van der Waals surface area contributed by atoms with Gasteiger partial charge in [0, 0.05) is 23.8 Å². The molecule has 0 amide bonds. The molecule has 1 saturated heterocycles. The van der Waals surface area contributed by atoms with Crippen molar-refractivity contribution in [3.63, 3.8) is 0 Å². The molecule has 1 aromatic heterocycles. The van der Waals surface area contributed by atoms with E-state index < -0.39 is 0 Å². The Kier molecular flexibility index (Phi) is 5.07. The summed E-state index contributed by atoms with van der Waals surface area (Å²) in [6, 6.07) is 5.55. The van der Waals surface area contributed by atoms with Crippen molar-refractivity contribution >= 4 is 11.8 Å². The van der Waals surface area contributed by atoms with Crippen LogP contribution >= 0.6 is 11.8 Å². The summed E-state index contributed by atoms with van der Waals surface area (Å²) in [4.78, 5) is 7.21. The number of likely N-dealkylation sites (tertiary alicyclic amines) is 1. The molecule has 0 bridgehead atoms. The molecule has 1 aliphatic heterocycles. The zero-order valence-corrected chi connectivity index (χ0v) is 12.5. The molecule has 0 aliphatic carbocycles. The van der Waals surface area contributed by atoms with Gasteiger partial charge in [0.25, 0.3) is 0 Å². The second kappa shape index (κ2) is 6.58. The van der Waals surface area contributed by atoms with Crippen molar-refractivity contribution in [2.24, 2.45) is 0 Å². The van der Waals surface area contributed by atoms with Crippen molar-refractivity contribution in [3.05, 3.63) is 23.9 Å². The largest absolute Gasteiger partial charge is 0.294 e. The van der Waals surface area contributed by atoms with E-state index in [2.05, 4.69) is 42.8 Å². The van der Waals surface area contributed by atoms with Gasteiger partial charge in [-0.1, -0.05) is 19.4 Å². The number of hydrogen-bond acceptors (Lipinski definition) is 3. The molecular weight excluding hydrogens is 240 g/mol. The molecule has 18 heavy (non-hydrogen) atoms. The van der Waals surface area contributed by atoms with Crippen LogP contribution in [0.5, 0.6) is 0 Å². The SMILES string of the molecule is CCSc1ncccc1C1CCCCN1C(C)C. The van der Waals surface area contributed by atoms with Crippen LogP contribution in [-0.4, -0.2) is 28.2 Å². The molecule has 0 spiro atoms. The van der Waals surface area contributed by atoms with Crippen LogP contribution in [0.1, 0.15) is 51.6 Å². The van der Waals surface area contributed by atoms with Crippen LogP contribution in [0.2, 0.25) is 0 Å². The van der Waals surface area contributed by atoms with Gasteiger partial charge in [-0.3, -0.25) is 4.90 Å². The summed E-state index contributed by atoms with van der Waals surface area (Å²) in [7, 11) is 0. The number of rotatable bonds is 4. The highest BCUT2D eigenvalue weighted by molar-refractivity contribution is 7.99. The summed E-state index contributed by atoms with van der Waals surface area (Å²) in [5.41, 5.74) is 1.44. The second-order valence-corrected chi connectivity index (χ2v) is 6.43. The molecule has 1 aromatic rings. The highest BCUT2D eigenvalue weighted by Crippen LogP contribution is 2.36. The van der Waals surface area contributed by atoms with Crippen LogP contribution in [0.4, 0.5) is 0 Å². The maximum atomic E-state index is 4.57. The van der Waals surface area contributed by atoms with E-state index in [4.69, 9.17) is 0 Å². The number of aromatic nitrogens is 1. The maximum absolute atomic E-state index is 4.57. The molecular formula is C15H24N2S. The molecule has 1 aliphatic rings. The first-order chi connectivity index (χ1) is 8.74. The summed E-state index contributed by atoms with van der Waals surface area (Å²) >= 11 is 1.87. The van der Waals surface area contributed by atoms with Crippen molar-refractivity contribution in [2.45, 2.75) is 57.1 Å². The Labute approximate surface area is 115 Å². The third-order valence-corrected chi connectivity index (χ3v) is 4.55. The van der Waals surface area contributed by atoms with Crippen molar-refractivity contribution in [3.8, 4) is 0 Å². The van der Waals surface area contributed by atoms with Gasteiger partial charge in [-0.05, 0) is 45.1 Å². The number of hydrogen-bond donors (Lipinski definition) is 0. The molecule has 0 N–H and O–H groups in total. The summed E-state index contributed by atoms with van der Waals surface area (Å²) in [5, 5.41) is 1.23. The van der Waals surface area contributed by atoms with Gasteiger partial charge in [0.1, 0.15) is 5.03 Å². The van der Waals surface area contributed by atoms with Gasteiger partial charge in [0.15, 0.2) is 0 Å². The van der Waals surface area contributed by atoms with Gasteiger partial charge in [-0.2, -0.15) is 0 Å². The van der Waals surface area contributed by atoms with Crippen molar-refractivity contribution in [1.29, 1.82) is 0 Å². The van der Waals surface area contributed by atoms with E-state index >= 15 is 0 Å². The normalized spacial score (nSPS) is 21.4. The van der Waals surface area contributed by atoms with Crippen LogP contribution in [-0.2, 0) is 0 Å². The van der Waals surface area contributed by atoms with Gasteiger partial charge < -0.3 is 0 Å². The predicted molar refractivity (Wildman–Crippen MR) is 79.1 cm³/mol. The monoisotopic (exact) mass is 264 g/mol. The van der Waals surface area contributed by atoms with E-state index in [1.807, 2.05) is 18.0 Å². The molecule has 0 aromatic carbocycles. The molecule has 1 unspecified atom stereocenters. The molecule has 2 nitrogen and oxygen atoms in total. The third kappa shape index (κ3) is 3.07. The molecule has 2 heterocycles. The molecule has 100 valence electrons. The zero-order valence-electron chi connectivity index (χ0n) is 11.7. The Hall–Kier alpha value is -0.540. The van der Waals surface area contributed by atoms with Gasteiger partial charge in [0.2, 0.25) is 0 Å². The van der Waals surface area contributed by atoms with Crippen LogP contribution in [0.3, 0.4) is 0 Å². The maximum Gasteiger partial charge on any atom is 0.101 e. The minimum atomic E-state index is 0.571. The summed E-state index contributed by atoms with van der Waals surface area (Å²) < 4.78 is 0. The van der Waals surface area contributed by atoms with Gasteiger partial charge in [-0.15, -0.1) is 11.8 Å². The number of thioether (sulfide) groups is 1. The smallest absolute Gasteiger partial charge is 0.101 e. The quantitative estimate of drug-likeness (QED) is 0.761. The molecule has 1 atom stereocenters. The topological polar surface area (TPSA) is 16.1 Å². The average Bonchev–Trinajstić information content (AvgIpc) is 2.40. The minimum absolute atomic E-state index is 0.571. The van der Waals surface area contributed by atoms with E-state index in [9.17, 15) is 0 Å². The van der Waals surface area contributed by atoms with Gasteiger partial charge >= 0.3 is 0 Å². The predicted octanol–water partition coefficient (Wildman–Crippen LogP) is 4.13. The lowest BCUT2D eigenvalue weighted by Gasteiger charge is -2.39. The fourth-order valence-electron chi connectivity index (χ4n) is 2.82. The number of nitrogens with zero attached hydrogens (tertiary/aromatic N) is 2. The first-order valence-corrected chi connectivity index (χ1v) is 8.06. The lowest BCUT2D eigenvalue weighted by Crippen LogP contribution is -2.38. The van der Waals surface area contributed by atoms with Crippen molar-refractivity contribution in [1.82, 2.24) is 9.88 Å². The van der Waals surface area contributed by atoms with E-state index in [1.54, 1.807) is 0 Å². The Bertz CT molecular complexity index is 379. The molecule has 0 radical (unpaired) electrons. The molecule has 1 fully saturated rings. The third-order valence-electron chi connectivity index (χ3n) is 3.65. The first kappa shape index (κ1) is 13.9. The van der Waals surface area contributed by atoms with Gasteiger partial charge in [-0.25, -0.2) is 4.98 Å². The Morgan fingerprint density at radius 3 is 3.00 bits per heavy atom. The number of piperidine rings is 1.